The van der Waals surface area contributed by atoms with Gasteiger partial charge in [-0.2, -0.15) is 0 Å². The lowest BCUT2D eigenvalue weighted by molar-refractivity contribution is 0.520. The van der Waals surface area contributed by atoms with E-state index in [0.717, 1.165) is 21.8 Å². The molecule has 0 spiro atoms. The van der Waals surface area contributed by atoms with E-state index in [4.69, 9.17) is 4.42 Å². The third kappa shape index (κ3) is 2.89. The summed E-state index contributed by atoms with van der Waals surface area (Å²) < 4.78 is 5.92. The van der Waals surface area contributed by atoms with E-state index in [1.54, 1.807) is 0 Å². The number of aryl methyl sites for hydroxylation is 1. The Labute approximate surface area is 159 Å². The Morgan fingerprint density at radius 2 is 1.65 bits per heavy atom. The SMILES string of the molecule is Cc1ccc(C2=Cc3c(-c4ccc(C(C)(C)C)cc4)cccc3C2[SiH3])o1. The Balaban J connectivity index is 1.79. The Bertz CT molecular complexity index is 984. The largest absolute Gasteiger partial charge is 0.462 e. The number of furan rings is 1. The first-order valence-corrected chi connectivity index (χ1v) is 10.5. The molecule has 1 atom stereocenters. The average molecular weight is 359 g/mol. The molecule has 2 aromatic carbocycles. The molecule has 1 aliphatic rings. The molecule has 0 saturated heterocycles. The predicted octanol–water partition coefficient (Wildman–Crippen LogP) is 5.51. The Morgan fingerprint density at radius 3 is 2.27 bits per heavy atom. The minimum Gasteiger partial charge on any atom is -0.462 e. The molecule has 2 heteroatoms. The van der Waals surface area contributed by atoms with Gasteiger partial charge in [0, 0.05) is 10.2 Å². The molecule has 26 heavy (non-hydrogen) atoms. The van der Waals surface area contributed by atoms with Gasteiger partial charge in [-0.15, -0.1) is 0 Å². The minimum atomic E-state index is 0.182. The Hall–Kier alpha value is -2.32. The first-order valence-electron chi connectivity index (χ1n) is 9.37. The fraction of sp³-hybridized carbons (Fsp3) is 0.250. The second-order valence-electron chi connectivity index (χ2n) is 8.37. The molecule has 0 aliphatic heterocycles. The van der Waals surface area contributed by atoms with Crippen LogP contribution in [0.5, 0.6) is 0 Å². The number of hydrogen-bond acceptors (Lipinski definition) is 1. The van der Waals surface area contributed by atoms with Crippen LogP contribution in [0.1, 0.15) is 54.5 Å². The Kier molecular flexibility index (Phi) is 4.04. The normalized spacial score (nSPS) is 16.6. The number of hydrogen-bond donors (Lipinski definition) is 0. The maximum atomic E-state index is 5.92. The van der Waals surface area contributed by atoms with Crippen molar-refractivity contribution < 1.29 is 4.42 Å². The van der Waals surface area contributed by atoms with Gasteiger partial charge in [0.2, 0.25) is 0 Å². The Morgan fingerprint density at radius 1 is 0.923 bits per heavy atom. The van der Waals surface area contributed by atoms with E-state index in [2.05, 4.69) is 81.4 Å². The highest BCUT2D eigenvalue weighted by molar-refractivity contribution is 6.23. The molecule has 0 N–H and O–H groups in total. The molecule has 1 aliphatic carbocycles. The lowest BCUT2D eigenvalue weighted by Crippen LogP contribution is -2.10. The van der Waals surface area contributed by atoms with Gasteiger partial charge in [0.05, 0.1) is 0 Å². The van der Waals surface area contributed by atoms with E-state index in [9.17, 15) is 0 Å². The van der Waals surface area contributed by atoms with Crippen molar-refractivity contribution in [2.75, 3.05) is 0 Å². The second kappa shape index (κ2) is 6.13. The summed E-state index contributed by atoms with van der Waals surface area (Å²) in [6, 6.07) is 19.9. The zero-order valence-electron chi connectivity index (χ0n) is 16.3. The standard InChI is InChI=1S/C24H26OSi/c1-15-8-13-22(25-15)21-14-20-18(6-5-7-19(20)23(21)26)16-9-11-17(12-10-16)24(2,3)4/h5-14,23H,1-4,26H3. The highest BCUT2D eigenvalue weighted by Crippen LogP contribution is 2.44. The first-order chi connectivity index (χ1) is 12.3. The zero-order valence-corrected chi connectivity index (χ0v) is 18.3. The summed E-state index contributed by atoms with van der Waals surface area (Å²) in [5.74, 6) is 2.00. The number of fused-ring (bicyclic) bond motifs is 1. The van der Waals surface area contributed by atoms with Gasteiger partial charge < -0.3 is 4.42 Å². The second-order valence-corrected chi connectivity index (χ2v) is 9.52. The third-order valence-electron chi connectivity index (χ3n) is 5.46. The van der Waals surface area contributed by atoms with Gasteiger partial charge in [0.1, 0.15) is 11.5 Å². The summed E-state index contributed by atoms with van der Waals surface area (Å²) in [7, 11) is 1.08. The molecule has 0 amide bonds. The molecule has 0 fully saturated rings. The highest BCUT2D eigenvalue weighted by atomic mass is 28.1. The van der Waals surface area contributed by atoms with Crippen LogP contribution in [-0.2, 0) is 5.41 Å². The fourth-order valence-electron chi connectivity index (χ4n) is 3.85. The predicted molar refractivity (Wildman–Crippen MR) is 115 cm³/mol. The van der Waals surface area contributed by atoms with E-state index in [1.807, 2.05) is 6.92 Å². The van der Waals surface area contributed by atoms with Gasteiger partial charge in [-0.25, -0.2) is 0 Å². The van der Waals surface area contributed by atoms with Crippen molar-refractivity contribution in [1.29, 1.82) is 0 Å². The molecular weight excluding hydrogens is 332 g/mol. The van der Waals surface area contributed by atoms with Crippen LogP contribution in [-0.4, -0.2) is 10.2 Å². The van der Waals surface area contributed by atoms with Crippen LogP contribution < -0.4 is 0 Å². The number of rotatable bonds is 2. The van der Waals surface area contributed by atoms with Crippen molar-refractivity contribution in [2.45, 2.75) is 38.7 Å². The van der Waals surface area contributed by atoms with Crippen LogP contribution >= 0.6 is 0 Å². The summed E-state index contributed by atoms with van der Waals surface area (Å²) in [5, 5.41) is 0. The minimum absolute atomic E-state index is 0.182. The topological polar surface area (TPSA) is 13.1 Å². The van der Waals surface area contributed by atoms with Crippen molar-refractivity contribution in [2.24, 2.45) is 0 Å². The molecule has 0 saturated carbocycles. The molecule has 0 bridgehead atoms. The fourth-order valence-corrected chi connectivity index (χ4v) is 4.80. The summed E-state index contributed by atoms with van der Waals surface area (Å²) in [6.07, 6.45) is 2.35. The van der Waals surface area contributed by atoms with E-state index in [0.29, 0.717) is 5.54 Å². The van der Waals surface area contributed by atoms with Crippen molar-refractivity contribution in [3.05, 3.63) is 82.8 Å². The number of benzene rings is 2. The summed E-state index contributed by atoms with van der Waals surface area (Å²) in [4.78, 5) is 0. The van der Waals surface area contributed by atoms with Gasteiger partial charge in [-0.3, -0.25) is 0 Å². The van der Waals surface area contributed by atoms with Gasteiger partial charge >= 0.3 is 0 Å². The van der Waals surface area contributed by atoms with Crippen LogP contribution in [0.4, 0.5) is 0 Å². The molecule has 3 aromatic rings. The highest BCUT2D eigenvalue weighted by Gasteiger charge is 2.26. The summed E-state index contributed by atoms with van der Waals surface area (Å²) >= 11 is 0. The van der Waals surface area contributed by atoms with Gasteiger partial charge in [-0.1, -0.05) is 63.2 Å². The lowest BCUT2D eigenvalue weighted by Gasteiger charge is -2.19. The van der Waals surface area contributed by atoms with E-state index >= 15 is 0 Å². The van der Waals surface area contributed by atoms with Crippen LogP contribution in [0.2, 0.25) is 0 Å². The molecule has 1 aromatic heterocycles. The zero-order chi connectivity index (χ0) is 18.5. The summed E-state index contributed by atoms with van der Waals surface area (Å²) in [5.41, 5.74) is 8.79. The molecule has 1 heterocycles. The molecular formula is C24H26OSi. The molecule has 0 radical (unpaired) electrons. The van der Waals surface area contributed by atoms with Crippen molar-refractivity contribution in [3.63, 3.8) is 0 Å². The molecule has 132 valence electrons. The van der Waals surface area contributed by atoms with Gasteiger partial charge in [0.15, 0.2) is 0 Å². The van der Waals surface area contributed by atoms with E-state index in [-0.39, 0.29) is 5.41 Å². The summed E-state index contributed by atoms with van der Waals surface area (Å²) in [6.45, 7) is 8.79. The number of allylic oxidation sites excluding steroid dienone is 1. The van der Waals surface area contributed by atoms with Crippen LogP contribution in [0.25, 0.3) is 22.8 Å². The molecule has 1 nitrogen and oxygen atoms in total. The quantitative estimate of drug-likeness (QED) is 0.550. The molecule has 4 rings (SSSR count). The average Bonchev–Trinajstić information content (AvgIpc) is 3.18. The van der Waals surface area contributed by atoms with Crippen LogP contribution in [0, 0.1) is 6.92 Å². The van der Waals surface area contributed by atoms with Crippen molar-refractivity contribution in [1.82, 2.24) is 0 Å². The van der Waals surface area contributed by atoms with Gasteiger partial charge in [-0.05, 0) is 69.5 Å². The van der Waals surface area contributed by atoms with Crippen LogP contribution in [0.3, 0.4) is 0 Å². The maximum absolute atomic E-state index is 5.92. The third-order valence-corrected chi connectivity index (χ3v) is 6.70. The van der Waals surface area contributed by atoms with E-state index < -0.39 is 0 Å². The molecule has 1 unspecified atom stereocenters. The van der Waals surface area contributed by atoms with E-state index in [1.165, 1.54) is 33.4 Å². The monoisotopic (exact) mass is 358 g/mol. The van der Waals surface area contributed by atoms with Crippen molar-refractivity contribution in [3.8, 4) is 11.1 Å². The lowest BCUT2D eigenvalue weighted by atomic mass is 9.86. The maximum Gasteiger partial charge on any atom is 0.130 e. The first kappa shape index (κ1) is 17.1. The smallest absolute Gasteiger partial charge is 0.130 e. The van der Waals surface area contributed by atoms with Crippen molar-refractivity contribution >= 4 is 21.9 Å². The van der Waals surface area contributed by atoms with Crippen LogP contribution in [0.15, 0.2) is 59.0 Å². The van der Waals surface area contributed by atoms with Gasteiger partial charge in [0.25, 0.3) is 0 Å².